The van der Waals surface area contributed by atoms with Gasteiger partial charge in [0, 0.05) is 6.42 Å². The Morgan fingerprint density at radius 2 is 2.00 bits per heavy atom. The number of halogens is 1. The van der Waals surface area contributed by atoms with Crippen LogP contribution in [0.5, 0.6) is 0 Å². The van der Waals surface area contributed by atoms with Crippen molar-refractivity contribution in [2.75, 3.05) is 0 Å². The molecule has 1 amide bonds. The molecule has 0 aliphatic heterocycles. The topological polar surface area (TPSA) is 43.1 Å². The van der Waals surface area contributed by atoms with E-state index in [9.17, 15) is 9.18 Å². The predicted octanol–water partition coefficient (Wildman–Crippen LogP) is 2.19. The van der Waals surface area contributed by atoms with Gasteiger partial charge in [-0.25, -0.2) is 4.39 Å². The summed E-state index contributed by atoms with van der Waals surface area (Å²) in [7, 11) is 0. The SMILES string of the molecule is CCC(CC(N)=O)c1ccc(F)cc1. The first-order valence-electron chi connectivity index (χ1n) is 4.67. The summed E-state index contributed by atoms with van der Waals surface area (Å²) in [6.07, 6.45) is 1.15. The number of carbonyl (C=O) groups is 1. The van der Waals surface area contributed by atoms with Crippen molar-refractivity contribution in [3.8, 4) is 0 Å². The summed E-state index contributed by atoms with van der Waals surface area (Å²) >= 11 is 0. The fourth-order valence-electron chi connectivity index (χ4n) is 1.48. The van der Waals surface area contributed by atoms with Gasteiger partial charge in [-0.1, -0.05) is 19.1 Å². The van der Waals surface area contributed by atoms with E-state index in [0.29, 0.717) is 6.42 Å². The van der Waals surface area contributed by atoms with E-state index in [-0.39, 0.29) is 17.6 Å². The highest BCUT2D eigenvalue weighted by molar-refractivity contribution is 5.74. The van der Waals surface area contributed by atoms with Gasteiger partial charge >= 0.3 is 0 Å². The fraction of sp³-hybridized carbons (Fsp3) is 0.364. The third kappa shape index (κ3) is 2.83. The van der Waals surface area contributed by atoms with Gasteiger partial charge in [0.25, 0.3) is 0 Å². The van der Waals surface area contributed by atoms with Crippen LogP contribution in [0.25, 0.3) is 0 Å². The second kappa shape index (κ2) is 4.74. The Morgan fingerprint density at radius 3 is 2.43 bits per heavy atom. The minimum atomic E-state index is -0.318. The van der Waals surface area contributed by atoms with E-state index in [1.807, 2.05) is 6.92 Å². The molecule has 0 saturated heterocycles. The van der Waals surface area contributed by atoms with Crippen molar-refractivity contribution in [3.63, 3.8) is 0 Å². The summed E-state index contributed by atoms with van der Waals surface area (Å²) in [5, 5.41) is 0. The van der Waals surface area contributed by atoms with Crippen LogP contribution in [0.1, 0.15) is 31.2 Å². The summed E-state index contributed by atoms with van der Waals surface area (Å²) in [4.78, 5) is 10.8. The summed E-state index contributed by atoms with van der Waals surface area (Å²) in [5.41, 5.74) is 6.09. The smallest absolute Gasteiger partial charge is 0.218 e. The lowest BCUT2D eigenvalue weighted by Gasteiger charge is -2.12. The lowest BCUT2D eigenvalue weighted by atomic mass is 9.93. The van der Waals surface area contributed by atoms with Gasteiger partial charge in [-0.3, -0.25) is 4.79 Å². The lowest BCUT2D eigenvalue weighted by Crippen LogP contribution is -2.14. The van der Waals surface area contributed by atoms with Gasteiger partial charge in [0.05, 0.1) is 0 Å². The van der Waals surface area contributed by atoms with Crippen LogP contribution in [0.3, 0.4) is 0 Å². The van der Waals surface area contributed by atoms with Crippen molar-refractivity contribution in [1.82, 2.24) is 0 Å². The molecule has 76 valence electrons. The molecule has 1 atom stereocenters. The van der Waals surface area contributed by atoms with Crippen LogP contribution < -0.4 is 5.73 Å². The molecule has 0 saturated carbocycles. The number of hydrogen-bond donors (Lipinski definition) is 1. The van der Waals surface area contributed by atoms with Crippen LogP contribution >= 0.6 is 0 Å². The highest BCUT2D eigenvalue weighted by atomic mass is 19.1. The van der Waals surface area contributed by atoms with Crippen molar-refractivity contribution >= 4 is 5.91 Å². The third-order valence-electron chi connectivity index (χ3n) is 2.28. The molecule has 1 aromatic rings. The van der Waals surface area contributed by atoms with Gasteiger partial charge in [-0.05, 0) is 30.0 Å². The normalized spacial score (nSPS) is 12.4. The first-order chi connectivity index (χ1) is 6.63. The van der Waals surface area contributed by atoms with Gasteiger partial charge in [0.15, 0.2) is 0 Å². The molecule has 0 heterocycles. The van der Waals surface area contributed by atoms with Gasteiger partial charge in [-0.2, -0.15) is 0 Å². The molecule has 3 heteroatoms. The Balaban J connectivity index is 2.78. The molecular weight excluding hydrogens is 181 g/mol. The number of rotatable bonds is 4. The summed E-state index contributed by atoms with van der Waals surface area (Å²) in [6, 6.07) is 6.21. The summed E-state index contributed by atoms with van der Waals surface area (Å²) in [6.45, 7) is 1.98. The van der Waals surface area contributed by atoms with Crippen molar-refractivity contribution in [1.29, 1.82) is 0 Å². The highest BCUT2D eigenvalue weighted by Gasteiger charge is 2.11. The standard InChI is InChI=1S/C11H14FNO/c1-2-8(7-11(13)14)9-3-5-10(12)6-4-9/h3-6,8H,2,7H2,1H3,(H2,13,14). The summed E-state index contributed by atoms with van der Waals surface area (Å²) in [5.74, 6) is -0.475. The molecule has 0 aromatic heterocycles. The Kier molecular flexibility index (Phi) is 3.63. The van der Waals surface area contributed by atoms with E-state index in [0.717, 1.165) is 12.0 Å². The second-order valence-electron chi connectivity index (χ2n) is 3.33. The fourth-order valence-corrected chi connectivity index (χ4v) is 1.48. The Hall–Kier alpha value is -1.38. The van der Waals surface area contributed by atoms with E-state index in [1.165, 1.54) is 12.1 Å². The molecule has 0 spiro atoms. The average molecular weight is 195 g/mol. The number of primary amides is 1. The van der Waals surface area contributed by atoms with Crippen LogP contribution in [0.15, 0.2) is 24.3 Å². The number of benzene rings is 1. The van der Waals surface area contributed by atoms with Crippen LogP contribution in [-0.2, 0) is 4.79 Å². The largest absolute Gasteiger partial charge is 0.370 e. The molecule has 0 fully saturated rings. The van der Waals surface area contributed by atoms with Crippen molar-refractivity contribution in [2.45, 2.75) is 25.7 Å². The molecule has 1 aromatic carbocycles. The first-order valence-corrected chi connectivity index (χ1v) is 4.67. The van der Waals surface area contributed by atoms with E-state index >= 15 is 0 Å². The Morgan fingerprint density at radius 1 is 1.43 bits per heavy atom. The molecule has 0 aliphatic rings. The zero-order valence-electron chi connectivity index (χ0n) is 8.16. The molecule has 1 rings (SSSR count). The van der Waals surface area contributed by atoms with Crippen molar-refractivity contribution < 1.29 is 9.18 Å². The number of hydrogen-bond acceptors (Lipinski definition) is 1. The van der Waals surface area contributed by atoms with Crippen LogP contribution in [0.2, 0.25) is 0 Å². The van der Waals surface area contributed by atoms with Gasteiger partial charge in [0.1, 0.15) is 5.82 Å². The zero-order valence-corrected chi connectivity index (χ0v) is 8.16. The monoisotopic (exact) mass is 195 g/mol. The number of amides is 1. The van der Waals surface area contributed by atoms with Crippen LogP contribution in [0.4, 0.5) is 4.39 Å². The second-order valence-corrected chi connectivity index (χ2v) is 3.33. The van der Waals surface area contributed by atoms with Gasteiger partial charge in [0.2, 0.25) is 5.91 Å². The van der Waals surface area contributed by atoms with Crippen molar-refractivity contribution in [3.05, 3.63) is 35.6 Å². The third-order valence-corrected chi connectivity index (χ3v) is 2.28. The summed E-state index contributed by atoms with van der Waals surface area (Å²) < 4.78 is 12.6. The molecule has 0 radical (unpaired) electrons. The van der Waals surface area contributed by atoms with Crippen molar-refractivity contribution in [2.24, 2.45) is 5.73 Å². The zero-order chi connectivity index (χ0) is 10.6. The Bertz CT molecular complexity index is 308. The molecule has 1 unspecified atom stereocenters. The molecule has 2 N–H and O–H groups in total. The molecule has 14 heavy (non-hydrogen) atoms. The minimum Gasteiger partial charge on any atom is -0.370 e. The molecule has 2 nitrogen and oxygen atoms in total. The number of nitrogens with two attached hydrogens (primary N) is 1. The van der Waals surface area contributed by atoms with Crippen LogP contribution in [0, 0.1) is 5.82 Å². The maximum Gasteiger partial charge on any atom is 0.218 e. The highest BCUT2D eigenvalue weighted by Crippen LogP contribution is 2.22. The first kappa shape index (κ1) is 10.7. The van der Waals surface area contributed by atoms with E-state index in [4.69, 9.17) is 5.73 Å². The van der Waals surface area contributed by atoms with E-state index in [2.05, 4.69) is 0 Å². The van der Waals surface area contributed by atoms with E-state index in [1.54, 1.807) is 12.1 Å². The van der Waals surface area contributed by atoms with Gasteiger partial charge in [-0.15, -0.1) is 0 Å². The maximum atomic E-state index is 12.6. The molecular formula is C11H14FNO. The molecule has 0 aliphatic carbocycles. The number of carbonyl (C=O) groups excluding carboxylic acids is 1. The minimum absolute atomic E-state index is 0.105. The van der Waals surface area contributed by atoms with E-state index < -0.39 is 0 Å². The average Bonchev–Trinajstić information content (AvgIpc) is 2.15. The Labute approximate surface area is 82.9 Å². The maximum absolute atomic E-state index is 12.6. The molecule has 0 bridgehead atoms. The lowest BCUT2D eigenvalue weighted by molar-refractivity contribution is -0.118. The quantitative estimate of drug-likeness (QED) is 0.786. The van der Waals surface area contributed by atoms with Gasteiger partial charge < -0.3 is 5.73 Å². The van der Waals surface area contributed by atoms with Crippen LogP contribution in [-0.4, -0.2) is 5.91 Å². The predicted molar refractivity (Wildman–Crippen MR) is 53.2 cm³/mol.